The first-order valence-corrected chi connectivity index (χ1v) is 11.1. The molecule has 2 aliphatic rings. The van der Waals surface area contributed by atoms with Crippen LogP contribution in [0.5, 0.6) is 5.75 Å². The molecular formula is C27H22ClNO4. The Morgan fingerprint density at radius 2 is 1.67 bits per heavy atom. The molecule has 2 heterocycles. The fourth-order valence-electron chi connectivity index (χ4n) is 4.28. The zero-order chi connectivity index (χ0) is 22.9. The van der Waals surface area contributed by atoms with Crippen molar-refractivity contribution < 1.29 is 19.1 Å². The van der Waals surface area contributed by atoms with Crippen LogP contribution in [0.15, 0.2) is 84.1 Å². The number of carbonyl (C=O) groups excluding carboxylic acids is 2. The maximum absolute atomic E-state index is 13.1. The topological polar surface area (TPSA) is 55.8 Å². The number of halogens is 1. The Morgan fingerprint density at radius 1 is 0.970 bits per heavy atom. The molecule has 0 fully saturated rings. The Balaban J connectivity index is 1.38. The molecule has 0 saturated heterocycles. The van der Waals surface area contributed by atoms with Gasteiger partial charge >= 0.3 is 5.97 Å². The molecule has 33 heavy (non-hydrogen) atoms. The van der Waals surface area contributed by atoms with Crippen LogP contribution < -0.4 is 9.64 Å². The second-order valence-corrected chi connectivity index (χ2v) is 8.68. The van der Waals surface area contributed by atoms with Crippen molar-refractivity contribution in [1.82, 2.24) is 0 Å². The second kappa shape index (κ2) is 8.75. The van der Waals surface area contributed by atoms with E-state index in [0.29, 0.717) is 28.6 Å². The molecule has 0 saturated carbocycles. The fraction of sp³-hybridized carbons (Fsp3) is 0.185. The minimum absolute atomic E-state index is 0.0801. The van der Waals surface area contributed by atoms with Gasteiger partial charge in [-0.25, -0.2) is 4.79 Å². The van der Waals surface area contributed by atoms with Crippen LogP contribution in [0, 0.1) is 6.92 Å². The van der Waals surface area contributed by atoms with Crippen LogP contribution in [0.4, 0.5) is 5.69 Å². The standard InChI is InChI=1S/C27H22ClNO4/c1-17-2-4-18(5-3-17)15-32-22-12-6-19(7-13-22)23-14-25(30)29(21-10-8-20(28)9-11-21)24-16-33-27(31)26(23)24/h2-13,23H,14-16H2,1H3. The van der Waals surface area contributed by atoms with Crippen molar-refractivity contribution in [3.63, 3.8) is 0 Å². The SMILES string of the molecule is Cc1ccc(COc2ccc(C3CC(=O)N(c4ccc(Cl)cc4)C4=C3C(=O)OC4)cc2)cc1. The van der Waals surface area contributed by atoms with Crippen LogP contribution >= 0.6 is 11.6 Å². The number of anilines is 1. The lowest BCUT2D eigenvalue weighted by atomic mass is 9.84. The predicted molar refractivity (Wildman–Crippen MR) is 126 cm³/mol. The van der Waals surface area contributed by atoms with Gasteiger partial charge in [0.2, 0.25) is 5.91 Å². The molecular weight excluding hydrogens is 438 g/mol. The summed E-state index contributed by atoms with van der Waals surface area (Å²) >= 11 is 6.00. The molecule has 2 aliphatic heterocycles. The molecule has 0 radical (unpaired) electrons. The Kier molecular flexibility index (Phi) is 5.65. The largest absolute Gasteiger partial charge is 0.489 e. The zero-order valence-corrected chi connectivity index (χ0v) is 18.8. The molecule has 1 atom stereocenters. The van der Waals surface area contributed by atoms with Crippen molar-refractivity contribution in [2.45, 2.75) is 25.9 Å². The lowest BCUT2D eigenvalue weighted by Gasteiger charge is -2.32. The van der Waals surface area contributed by atoms with Crippen molar-refractivity contribution in [1.29, 1.82) is 0 Å². The van der Waals surface area contributed by atoms with Crippen molar-refractivity contribution in [3.05, 3.63) is 106 Å². The number of benzene rings is 3. The van der Waals surface area contributed by atoms with Crippen molar-refractivity contribution in [3.8, 4) is 5.75 Å². The molecule has 5 nitrogen and oxygen atoms in total. The van der Waals surface area contributed by atoms with Crippen LogP contribution in [0.3, 0.4) is 0 Å². The molecule has 0 bridgehead atoms. The third-order valence-electron chi connectivity index (χ3n) is 6.01. The van der Waals surface area contributed by atoms with Gasteiger partial charge in [0.05, 0.1) is 11.3 Å². The minimum Gasteiger partial charge on any atom is -0.489 e. The summed E-state index contributed by atoms with van der Waals surface area (Å²) in [7, 11) is 0. The maximum Gasteiger partial charge on any atom is 0.336 e. The van der Waals surface area contributed by atoms with Gasteiger partial charge in [-0.15, -0.1) is 0 Å². The summed E-state index contributed by atoms with van der Waals surface area (Å²) in [5.41, 5.74) is 5.00. The third-order valence-corrected chi connectivity index (χ3v) is 6.26. The first kappa shape index (κ1) is 21.3. The van der Waals surface area contributed by atoms with Crippen LogP contribution in [0.25, 0.3) is 0 Å². The number of carbonyl (C=O) groups is 2. The minimum atomic E-state index is -0.374. The molecule has 6 heteroatoms. The molecule has 5 rings (SSSR count). The Hall–Kier alpha value is -3.57. The van der Waals surface area contributed by atoms with Crippen LogP contribution in [-0.2, 0) is 20.9 Å². The molecule has 3 aromatic carbocycles. The van der Waals surface area contributed by atoms with Crippen molar-refractivity contribution in [2.24, 2.45) is 0 Å². The van der Waals surface area contributed by atoms with Gasteiger partial charge in [0.25, 0.3) is 0 Å². The molecule has 0 aliphatic carbocycles. The van der Waals surface area contributed by atoms with E-state index in [4.69, 9.17) is 21.1 Å². The van der Waals surface area contributed by atoms with Crippen LogP contribution in [-0.4, -0.2) is 18.5 Å². The smallest absolute Gasteiger partial charge is 0.336 e. The van der Waals surface area contributed by atoms with Gasteiger partial charge in [-0.3, -0.25) is 9.69 Å². The van der Waals surface area contributed by atoms with Crippen LogP contribution in [0.1, 0.15) is 29.0 Å². The van der Waals surface area contributed by atoms with E-state index in [1.54, 1.807) is 29.2 Å². The second-order valence-electron chi connectivity index (χ2n) is 8.24. The predicted octanol–water partition coefficient (Wildman–Crippen LogP) is 5.56. The highest BCUT2D eigenvalue weighted by Crippen LogP contribution is 2.42. The van der Waals surface area contributed by atoms with E-state index in [1.807, 2.05) is 36.4 Å². The van der Waals surface area contributed by atoms with E-state index in [1.165, 1.54) is 5.56 Å². The quantitative estimate of drug-likeness (QED) is 0.469. The summed E-state index contributed by atoms with van der Waals surface area (Å²) in [4.78, 5) is 27.3. The van der Waals surface area contributed by atoms with E-state index in [-0.39, 0.29) is 30.8 Å². The van der Waals surface area contributed by atoms with Gasteiger partial charge in [-0.2, -0.15) is 0 Å². The number of nitrogens with zero attached hydrogens (tertiary/aromatic N) is 1. The average Bonchev–Trinajstić information content (AvgIpc) is 3.21. The molecule has 3 aromatic rings. The lowest BCUT2D eigenvalue weighted by Crippen LogP contribution is -2.37. The van der Waals surface area contributed by atoms with Crippen molar-refractivity contribution >= 4 is 29.2 Å². The summed E-state index contributed by atoms with van der Waals surface area (Å²) in [6.45, 7) is 2.60. The summed E-state index contributed by atoms with van der Waals surface area (Å²) in [6, 6.07) is 22.8. The highest BCUT2D eigenvalue weighted by atomic mass is 35.5. The van der Waals surface area contributed by atoms with Crippen LogP contribution in [0.2, 0.25) is 5.02 Å². The number of amides is 1. The first-order chi connectivity index (χ1) is 16.0. The molecule has 0 spiro atoms. The molecule has 0 aromatic heterocycles. The summed E-state index contributed by atoms with van der Waals surface area (Å²) in [6.07, 6.45) is 0.181. The number of aryl methyl sites for hydroxylation is 1. The highest BCUT2D eigenvalue weighted by molar-refractivity contribution is 6.30. The number of esters is 1. The first-order valence-electron chi connectivity index (χ1n) is 10.8. The van der Waals surface area contributed by atoms with Gasteiger partial charge in [-0.05, 0) is 54.4 Å². The van der Waals surface area contributed by atoms with Gasteiger partial charge in [0.15, 0.2) is 0 Å². The molecule has 1 unspecified atom stereocenters. The van der Waals surface area contributed by atoms with Gasteiger partial charge in [0, 0.05) is 23.0 Å². The highest BCUT2D eigenvalue weighted by Gasteiger charge is 2.42. The Labute approximate surface area is 197 Å². The number of ether oxygens (including phenoxy) is 2. The van der Waals surface area contributed by atoms with Gasteiger partial charge < -0.3 is 9.47 Å². The van der Waals surface area contributed by atoms with Crippen molar-refractivity contribution in [2.75, 3.05) is 11.5 Å². The van der Waals surface area contributed by atoms with E-state index < -0.39 is 0 Å². The van der Waals surface area contributed by atoms with Gasteiger partial charge in [0.1, 0.15) is 19.0 Å². The molecule has 1 amide bonds. The van der Waals surface area contributed by atoms with E-state index in [9.17, 15) is 9.59 Å². The normalized spacial score (nSPS) is 17.8. The van der Waals surface area contributed by atoms with E-state index in [2.05, 4.69) is 19.1 Å². The molecule has 0 N–H and O–H groups in total. The summed E-state index contributed by atoms with van der Waals surface area (Å²) < 4.78 is 11.2. The molecule has 166 valence electrons. The Bertz CT molecular complexity index is 1230. The zero-order valence-electron chi connectivity index (χ0n) is 18.1. The Morgan fingerprint density at radius 3 is 2.36 bits per heavy atom. The third kappa shape index (κ3) is 4.24. The number of rotatable bonds is 5. The fourth-order valence-corrected chi connectivity index (χ4v) is 4.40. The lowest BCUT2D eigenvalue weighted by molar-refractivity contribution is -0.136. The summed E-state index contributed by atoms with van der Waals surface area (Å²) in [5, 5.41) is 0.582. The number of cyclic esters (lactones) is 1. The number of hydrogen-bond donors (Lipinski definition) is 0. The average molecular weight is 460 g/mol. The summed E-state index contributed by atoms with van der Waals surface area (Å²) in [5.74, 6) is -0.0788. The number of hydrogen-bond acceptors (Lipinski definition) is 4. The van der Waals surface area contributed by atoms with E-state index >= 15 is 0 Å². The van der Waals surface area contributed by atoms with E-state index in [0.717, 1.165) is 16.9 Å². The van der Waals surface area contributed by atoms with Gasteiger partial charge in [-0.1, -0.05) is 53.6 Å². The monoisotopic (exact) mass is 459 g/mol. The maximum atomic E-state index is 13.1.